The van der Waals surface area contributed by atoms with Crippen molar-refractivity contribution in [2.24, 2.45) is 0 Å². The van der Waals surface area contributed by atoms with Crippen molar-refractivity contribution < 1.29 is 14.0 Å². The van der Waals surface area contributed by atoms with E-state index in [9.17, 15) is 5.26 Å². The SMILES string of the molecule is C[C@H](Oc1cc(-n2ccc(-c3cn([C@H]4CCOC4)nn3)n2)nc(-c2noc3c2CCC[C@@]32CCCc3ccc(N)c(C#N)c32)n1)[C@@H]1CCCN1C. The van der Waals surface area contributed by atoms with Gasteiger partial charge in [-0.2, -0.15) is 15.3 Å². The second kappa shape index (κ2) is 12.6. The van der Waals surface area contributed by atoms with E-state index in [0.717, 1.165) is 93.4 Å². The molecule has 0 saturated carbocycles. The van der Waals surface area contributed by atoms with Gasteiger partial charge in [-0.3, -0.25) is 4.90 Å². The van der Waals surface area contributed by atoms with Gasteiger partial charge in [0.25, 0.3) is 0 Å². The molecule has 14 nitrogen and oxygen atoms in total. The number of aryl methyl sites for hydroxylation is 1. The highest BCUT2D eigenvalue weighted by Crippen LogP contribution is 2.53. The molecule has 1 aromatic carbocycles. The molecule has 0 unspecified atom stereocenters. The third-order valence-electron chi connectivity index (χ3n) is 11.4. The van der Waals surface area contributed by atoms with Gasteiger partial charge < -0.3 is 19.7 Å². The Morgan fingerprint density at radius 3 is 2.78 bits per heavy atom. The summed E-state index contributed by atoms with van der Waals surface area (Å²) < 4.78 is 22.0. The van der Waals surface area contributed by atoms with Crippen molar-refractivity contribution in [1.82, 2.24) is 44.8 Å². The molecule has 9 rings (SSSR count). The molecule has 2 saturated heterocycles. The Bertz CT molecular complexity index is 2140. The molecule has 14 heteroatoms. The normalized spacial score (nSPS) is 23.6. The summed E-state index contributed by atoms with van der Waals surface area (Å²) in [7, 11) is 2.14. The zero-order valence-corrected chi connectivity index (χ0v) is 29.0. The van der Waals surface area contributed by atoms with Crippen molar-refractivity contribution in [1.29, 1.82) is 5.26 Å². The van der Waals surface area contributed by atoms with Crippen molar-refractivity contribution >= 4 is 5.69 Å². The smallest absolute Gasteiger partial charge is 0.219 e. The van der Waals surface area contributed by atoms with Crippen LogP contribution >= 0.6 is 0 Å². The monoisotopic (exact) mass is 687 g/mol. The molecular weight excluding hydrogens is 646 g/mol. The van der Waals surface area contributed by atoms with Crippen LogP contribution in [0.15, 0.2) is 41.2 Å². The Morgan fingerprint density at radius 2 is 1.98 bits per heavy atom. The number of benzene rings is 1. The van der Waals surface area contributed by atoms with Crippen LogP contribution in [0.25, 0.3) is 28.7 Å². The largest absolute Gasteiger partial charge is 0.473 e. The van der Waals surface area contributed by atoms with Gasteiger partial charge in [-0.05, 0) is 102 Å². The molecule has 4 aliphatic rings. The van der Waals surface area contributed by atoms with Crippen LogP contribution in [0.2, 0.25) is 0 Å². The van der Waals surface area contributed by atoms with E-state index in [1.54, 1.807) is 4.68 Å². The lowest BCUT2D eigenvalue weighted by molar-refractivity contribution is 0.117. The predicted octanol–water partition coefficient (Wildman–Crippen LogP) is 4.81. The molecule has 6 heterocycles. The highest BCUT2D eigenvalue weighted by Gasteiger charge is 2.48. The van der Waals surface area contributed by atoms with Crippen LogP contribution in [-0.4, -0.2) is 83.8 Å². The van der Waals surface area contributed by atoms with Crippen molar-refractivity contribution in [2.75, 3.05) is 32.5 Å². The molecule has 4 aromatic heterocycles. The standard InChI is InChI=1S/C37H41N11O3/c1-22(30-8-5-15-46(30)2)50-32-18-31(47-16-11-28(43-47)29-20-48(45-42-29)24-12-17-49-21-24)40-36(41-32)34-25-7-4-14-37(35(25)51-44-34)13-3-6-23-9-10-27(39)26(19-38)33(23)37/h9-11,16,18,20,22,24,30H,3-8,12-15,17,21,39H2,1-2H3/t22-,24-,30-,37+/m0/s1. The third kappa shape index (κ3) is 5.37. The Kier molecular flexibility index (Phi) is 7.85. The number of likely N-dealkylation sites (N-methyl/N-ethyl adjacent to an activating group) is 1. The molecule has 262 valence electrons. The molecule has 0 amide bonds. The average molecular weight is 688 g/mol. The number of aromatic nitrogens is 8. The predicted molar refractivity (Wildman–Crippen MR) is 186 cm³/mol. The first-order valence-corrected chi connectivity index (χ1v) is 18.0. The van der Waals surface area contributed by atoms with E-state index in [1.807, 2.05) is 35.3 Å². The van der Waals surface area contributed by atoms with Crippen molar-refractivity contribution in [3.63, 3.8) is 0 Å². The maximum atomic E-state index is 10.2. The van der Waals surface area contributed by atoms with Crippen LogP contribution in [-0.2, 0) is 23.0 Å². The first kappa shape index (κ1) is 31.8. The highest BCUT2D eigenvalue weighted by atomic mass is 16.5. The molecule has 4 atom stereocenters. The number of nitrogens with two attached hydrogens (primary N) is 1. The molecular formula is C37H41N11O3. The zero-order chi connectivity index (χ0) is 34.7. The lowest BCUT2D eigenvalue weighted by atomic mass is 9.61. The number of hydrogen-bond donors (Lipinski definition) is 1. The topological polar surface area (TPSA) is 172 Å². The number of nitrogens with zero attached hydrogens (tertiary/aromatic N) is 10. The second-order valence-corrected chi connectivity index (χ2v) is 14.5. The fourth-order valence-corrected chi connectivity index (χ4v) is 8.88. The minimum atomic E-state index is -0.482. The molecule has 2 N–H and O–H groups in total. The van der Waals surface area contributed by atoms with E-state index in [1.165, 1.54) is 0 Å². The lowest BCUT2D eigenvalue weighted by Gasteiger charge is -2.41. The molecule has 2 aliphatic carbocycles. The van der Waals surface area contributed by atoms with Gasteiger partial charge >= 0.3 is 0 Å². The summed E-state index contributed by atoms with van der Waals surface area (Å²) in [4.78, 5) is 12.3. The van der Waals surface area contributed by atoms with Crippen LogP contribution in [0.5, 0.6) is 5.88 Å². The van der Waals surface area contributed by atoms with E-state index < -0.39 is 5.41 Å². The number of fused-ring (bicyclic) bond motifs is 4. The van der Waals surface area contributed by atoms with Gasteiger partial charge in [0.05, 0.1) is 29.8 Å². The van der Waals surface area contributed by atoms with Crippen LogP contribution in [0.4, 0.5) is 5.69 Å². The number of likely N-dealkylation sites (tertiary alicyclic amines) is 1. The van der Waals surface area contributed by atoms with Crippen LogP contribution in [0, 0.1) is 11.3 Å². The van der Waals surface area contributed by atoms with Gasteiger partial charge in [0, 0.05) is 36.2 Å². The summed E-state index contributed by atoms with van der Waals surface area (Å²) in [6.45, 7) is 4.50. The van der Waals surface area contributed by atoms with Crippen molar-refractivity contribution in [2.45, 2.75) is 88.3 Å². The Labute approximate surface area is 295 Å². The van der Waals surface area contributed by atoms with E-state index in [-0.39, 0.29) is 18.2 Å². The van der Waals surface area contributed by atoms with Crippen molar-refractivity contribution in [3.8, 4) is 40.7 Å². The Hall–Kier alpha value is -5.13. The van der Waals surface area contributed by atoms with E-state index in [2.05, 4.69) is 46.5 Å². The van der Waals surface area contributed by atoms with Gasteiger partial charge in [0.15, 0.2) is 23.1 Å². The number of nitriles is 1. The van der Waals surface area contributed by atoms with Gasteiger partial charge in [-0.1, -0.05) is 16.4 Å². The molecule has 2 aliphatic heterocycles. The summed E-state index contributed by atoms with van der Waals surface area (Å²) in [6, 6.07) is 10.5. The maximum absolute atomic E-state index is 10.2. The molecule has 2 fully saturated rings. The quantitative estimate of drug-likeness (QED) is 0.232. The fourth-order valence-electron chi connectivity index (χ4n) is 8.88. The van der Waals surface area contributed by atoms with E-state index in [4.69, 9.17) is 34.8 Å². The van der Waals surface area contributed by atoms with Crippen molar-refractivity contribution in [3.05, 3.63) is 64.7 Å². The van der Waals surface area contributed by atoms with Gasteiger partial charge in [-0.15, -0.1) is 5.10 Å². The molecule has 0 radical (unpaired) electrons. The summed E-state index contributed by atoms with van der Waals surface area (Å²) in [6.07, 6.45) is 12.1. The third-order valence-corrected chi connectivity index (χ3v) is 11.4. The van der Waals surface area contributed by atoms with Crippen LogP contribution < -0.4 is 10.5 Å². The molecule has 1 spiro atoms. The molecule has 51 heavy (non-hydrogen) atoms. The number of hydrogen-bond acceptors (Lipinski definition) is 12. The first-order valence-electron chi connectivity index (χ1n) is 18.0. The molecule has 5 aromatic rings. The molecule has 0 bridgehead atoms. The maximum Gasteiger partial charge on any atom is 0.219 e. The van der Waals surface area contributed by atoms with Gasteiger partial charge in [-0.25, -0.2) is 14.3 Å². The summed E-state index contributed by atoms with van der Waals surface area (Å²) >= 11 is 0. The van der Waals surface area contributed by atoms with Crippen LogP contribution in [0.1, 0.15) is 85.9 Å². The zero-order valence-electron chi connectivity index (χ0n) is 29.0. The minimum Gasteiger partial charge on any atom is -0.473 e. The lowest BCUT2D eigenvalue weighted by Crippen LogP contribution is -2.38. The van der Waals surface area contributed by atoms with Gasteiger partial charge in [0.1, 0.15) is 23.6 Å². The minimum absolute atomic E-state index is 0.0982. The van der Waals surface area contributed by atoms with Gasteiger partial charge in [0.2, 0.25) is 5.88 Å². The number of anilines is 1. The van der Waals surface area contributed by atoms with E-state index >= 15 is 0 Å². The Balaban J connectivity index is 1.12. The fraction of sp³-hybridized carbons (Fsp3) is 0.486. The van der Waals surface area contributed by atoms with E-state index in [0.29, 0.717) is 52.5 Å². The Morgan fingerprint density at radius 1 is 1.10 bits per heavy atom. The summed E-state index contributed by atoms with van der Waals surface area (Å²) in [5.74, 6) is 2.18. The second-order valence-electron chi connectivity index (χ2n) is 14.5. The first-order chi connectivity index (χ1) is 24.9. The summed E-state index contributed by atoms with van der Waals surface area (Å²) in [5, 5.41) is 28.5. The highest BCUT2D eigenvalue weighted by molar-refractivity contribution is 5.67. The number of rotatable bonds is 7. The van der Waals surface area contributed by atoms with Crippen LogP contribution in [0.3, 0.4) is 0 Å². The number of nitrogen functional groups attached to an aromatic ring is 1. The average Bonchev–Trinajstić information content (AvgIpc) is 3.98. The summed E-state index contributed by atoms with van der Waals surface area (Å²) in [5.41, 5.74) is 12.0. The number of ether oxygens (including phenoxy) is 2.